The van der Waals surface area contributed by atoms with Crippen LogP contribution in [0.5, 0.6) is 11.5 Å². The molecule has 1 aliphatic rings. The van der Waals surface area contributed by atoms with Gasteiger partial charge in [-0.1, -0.05) is 72.8 Å². The molecule has 0 radical (unpaired) electrons. The maximum atomic E-state index is 13.3. The van der Waals surface area contributed by atoms with Crippen molar-refractivity contribution in [3.05, 3.63) is 126 Å². The number of hydrogen-bond acceptors (Lipinski definition) is 5. The number of carbonyl (C=O) groups excluding carboxylic acids is 3. The van der Waals surface area contributed by atoms with E-state index in [9.17, 15) is 14.4 Å². The number of amides is 3. The SMILES string of the molecule is O=C(NCC1COc2ccccc2O1)c1ccc(N(C(=O)Cc2ccccc2)C(=O)Cc2ccccc2)cc1. The van der Waals surface area contributed by atoms with Crippen LogP contribution in [0.1, 0.15) is 21.5 Å². The van der Waals surface area contributed by atoms with Crippen LogP contribution < -0.4 is 19.7 Å². The monoisotopic (exact) mass is 520 g/mol. The van der Waals surface area contributed by atoms with E-state index in [1.54, 1.807) is 24.3 Å². The van der Waals surface area contributed by atoms with Gasteiger partial charge in [0.25, 0.3) is 5.91 Å². The molecule has 0 aliphatic carbocycles. The van der Waals surface area contributed by atoms with Crippen LogP contribution in [0, 0.1) is 0 Å². The Balaban J connectivity index is 1.27. The van der Waals surface area contributed by atoms with Crippen LogP contribution in [-0.4, -0.2) is 37.0 Å². The lowest BCUT2D eigenvalue weighted by Crippen LogP contribution is -2.41. The van der Waals surface area contributed by atoms with Gasteiger partial charge in [0.2, 0.25) is 11.8 Å². The van der Waals surface area contributed by atoms with Gasteiger partial charge in [-0.3, -0.25) is 19.3 Å². The van der Waals surface area contributed by atoms with Gasteiger partial charge in [0.05, 0.1) is 25.1 Å². The second-order valence-electron chi connectivity index (χ2n) is 9.20. The Morgan fingerprint density at radius 2 is 1.23 bits per heavy atom. The van der Waals surface area contributed by atoms with Gasteiger partial charge >= 0.3 is 0 Å². The second kappa shape index (κ2) is 12.1. The number of rotatable bonds is 8. The molecule has 0 fully saturated rings. The van der Waals surface area contributed by atoms with E-state index in [-0.39, 0.29) is 43.2 Å². The summed E-state index contributed by atoms with van der Waals surface area (Å²) in [5.74, 6) is 0.363. The molecule has 5 rings (SSSR count). The van der Waals surface area contributed by atoms with E-state index in [1.165, 1.54) is 4.90 Å². The molecule has 0 saturated carbocycles. The number of carbonyl (C=O) groups is 3. The highest BCUT2D eigenvalue weighted by atomic mass is 16.6. The summed E-state index contributed by atoms with van der Waals surface area (Å²) < 4.78 is 11.6. The first-order valence-electron chi connectivity index (χ1n) is 12.8. The van der Waals surface area contributed by atoms with E-state index in [4.69, 9.17) is 9.47 Å². The lowest BCUT2D eigenvalue weighted by molar-refractivity contribution is -0.125. The fourth-order valence-corrected chi connectivity index (χ4v) is 4.36. The van der Waals surface area contributed by atoms with Crippen LogP contribution in [0.4, 0.5) is 5.69 Å². The lowest BCUT2D eigenvalue weighted by atomic mass is 10.1. The molecule has 196 valence electrons. The van der Waals surface area contributed by atoms with E-state index in [1.807, 2.05) is 84.9 Å². The molecule has 4 aromatic carbocycles. The largest absolute Gasteiger partial charge is 0.486 e. The molecule has 1 atom stereocenters. The fourth-order valence-electron chi connectivity index (χ4n) is 4.36. The highest BCUT2D eigenvalue weighted by molar-refractivity contribution is 6.16. The third-order valence-corrected chi connectivity index (χ3v) is 6.34. The minimum atomic E-state index is -0.339. The van der Waals surface area contributed by atoms with E-state index in [2.05, 4.69) is 5.32 Å². The Morgan fingerprint density at radius 1 is 0.692 bits per heavy atom. The molecule has 3 amide bonds. The van der Waals surface area contributed by atoms with Gasteiger partial charge in [0, 0.05) is 5.56 Å². The molecule has 0 aromatic heterocycles. The Hall–Kier alpha value is -4.91. The topological polar surface area (TPSA) is 84.9 Å². The lowest BCUT2D eigenvalue weighted by Gasteiger charge is -2.26. The average molecular weight is 521 g/mol. The summed E-state index contributed by atoms with van der Waals surface area (Å²) in [6, 6.07) is 32.5. The number of nitrogens with one attached hydrogen (secondary N) is 1. The van der Waals surface area contributed by atoms with E-state index in [0.717, 1.165) is 11.1 Å². The van der Waals surface area contributed by atoms with Crippen molar-refractivity contribution >= 4 is 23.4 Å². The van der Waals surface area contributed by atoms with Crippen LogP contribution in [0.3, 0.4) is 0 Å². The third-order valence-electron chi connectivity index (χ3n) is 6.34. The zero-order valence-corrected chi connectivity index (χ0v) is 21.3. The van der Waals surface area contributed by atoms with Gasteiger partial charge in [-0.25, -0.2) is 0 Å². The van der Waals surface area contributed by atoms with Crippen molar-refractivity contribution in [1.82, 2.24) is 5.32 Å². The van der Waals surface area contributed by atoms with Crippen molar-refractivity contribution < 1.29 is 23.9 Å². The molecule has 1 unspecified atom stereocenters. The summed E-state index contributed by atoms with van der Waals surface area (Å²) in [7, 11) is 0. The summed E-state index contributed by atoms with van der Waals surface area (Å²) in [6.07, 6.45) is -0.156. The van der Waals surface area contributed by atoms with Crippen LogP contribution in [0.2, 0.25) is 0 Å². The zero-order chi connectivity index (χ0) is 27.0. The van der Waals surface area contributed by atoms with Crippen molar-refractivity contribution in [1.29, 1.82) is 0 Å². The summed E-state index contributed by atoms with van der Waals surface area (Å²) in [5.41, 5.74) is 2.44. The smallest absolute Gasteiger partial charge is 0.251 e. The zero-order valence-electron chi connectivity index (χ0n) is 21.3. The molecule has 0 spiro atoms. The quantitative estimate of drug-likeness (QED) is 0.367. The van der Waals surface area contributed by atoms with Crippen molar-refractivity contribution in [3.63, 3.8) is 0 Å². The van der Waals surface area contributed by atoms with Crippen molar-refractivity contribution in [2.24, 2.45) is 0 Å². The predicted molar refractivity (Wildman–Crippen MR) is 148 cm³/mol. The van der Waals surface area contributed by atoms with Gasteiger partial charge in [-0.05, 0) is 47.5 Å². The van der Waals surface area contributed by atoms with Crippen LogP contribution >= 0.6 is 0 Å². The molecule has 1 heterocycles. The Labute approximate surface area is 227 Å². The van der Waals surface area contributed by atoms with Gasteiger partial charge in [0.15, 0.2) is 11.5 Å². The van der Waals surface area contributed by atoms with Gasteiger partial charge in [-0.15, -0.1) is 0 Å². The average Bonchev–Trinajstić information content (AvgIpc) is 2.97. The maximum Gasteiger partial charge on any atom is 0.251 e. The Bertz CT molecular complexity index is 1390. The number of imide groups is 1. The first-order valence-corrected chi connectivity index (χ1v) is 12.8. The number of fused-ring (bicyclic) bond motifs is 1. The predicted octanol–water partition coefficient (Wildman–Crippen LogP) is 4.60. The number of nitrogens with zero attached hydrogens (tertiary/aromatic N) is 1. The van der Waals surface area contributed by atoms with Gasteiger partial charge < -0.3 is 14.8 Å². The number of hydrogen-bond donors (Lipinski definition) is 1. The highest BCUT2D eigenvalue weighted by Gasteiger charge is 2.25. The molecule has 0 bridgehead atoms. The molecule has 1 N–H and O–H groups in total. The number of benzene rings is 4. The minimum Gasteiger partial charge on any atom is -0.486 e. The van der Waals surface area contributed by atoms with Crippen molar-refractivity contribution in [3.8, 4) is 11.5 Å². The maximum absolute atomic E-state index is 13.3. The molecule has 7 nitrogen and oxygen atoms in total. The molecule has 4 aromatic rings. The van der Waals surface area contributed by atoms with Crippen molar-refractivity contribution in [2.45, 2.75) is 18.9 Å². The molecule has 39 heavy (non-hydrogen) atoms. The van der Waals surface area contributed by atoms with Gasteiger partial charge in [0.1, 0.15) is 12.7 Å². The molecule has 0 saturated heterocycles. The first-order chi connectivity index (χ1) is 19.1. The summed E-state index contributed by atoms with van der Waals surface area (Å²) >= 11 is 0. The summed E-state index contributed by atoms with van der Waals surface area (Å²) in [6.45, 7) is 0.602. The minimum absolute atomic E-state index is 0.0796. The Morgan fingerprint density at radius 3 is 1.82 bits per heavy atom. The first kappa shape index (κ1) is 25.7. The highest BCUT2D eigenvalue weighted by Crippen LogP contribution is 2.30. The second-order valence-corrected chi connectivity index (χ2v) is 9.20. The van der Waals surface area contributed by atoms with E-state index >= 15 is 0 Å². The number of para-hydroxylation sites is 2. The number of ether oxygens (including phenoxy) is 2. The standard InChI is InChI=1S/C32H28N2O5/c35-30(19-23-9-3-1-4-10-23)34(31(36)20-24-11-5-2-6-12-24)26-17-15-25(16-18-26)32(37)33-21-27-22-38-28-13-7-8-14-29(28)39-27/h1-18,27H,19-22H2,(H,33,37). The third kappa shape index (κ3) is 6.51. The van der Waals surface area contributed by atoms with E-state index < -0.39 is 0 Å². The van der Waals surface area contributed by atoms with Crippen molar-refractivity contribution in [2.75, 3.05) is 18.1 Å². The molecular formula is C32H28N2O5. The fraction of sp³-hybridized carbons (Fsp3) is 0.156. The normalized spacial score (nSPS) is 13.8. The summed E-state index contributed by atoms with van der Waals surface area (Å²) in [4.78, 5) is 40.7. The number of anilines is 1. The molecule has 1 aliphatic heterocycles. The Kier molecular flexibility index (Phi) is 7.98. The summed E-state index contributed by atoms with van der Waals surface area (Å²) in [5, 5.41) is 2.87. The van der Waals surface area contributed by atoms with E-state index in [0.29, 0.717) is 29.4 Å². The van der Waals surface area contributed by atoms with Gasteiger partial charge in [-0.2, -0.15) is 0 Å². The van der Waals surface area contributed by atoms with Crippen LogP contribution in [0.25, 0.3) is 0 Å². The molecule has 7 heteroatoms. The van der Waals surface area contributed by atoms with Crippen LogP contribution in [-0.2, 0) is 22.4 Å². The van der Waals surface area contributed by atoms with Crippen LogP contribution in [0.15, 0.2) is 109 Å². The molecular weight excluding hydrogens is 492 g/mol.